The second-order valence-corrected chi connectivity index (χ2v) is 14.6. The zero-order valence-electron chi connectivity index (χ0n) is 28.1. The molecule has 1 aliphatic heterocycles. The first kappa shape index (κ1) is 36.3. The highest BCUT2D eigenvalue weighted by Gasteiger charge is 2.40. The minimum Gasteiger partial charge on any atom is -0.440 e. The van der Waals surface area contributed by atoms with Gasteiger partial charge in [-0.15, -0.1) is 0 Å². The van der Waals surface area contributed by atoms with Crippen molar-refractivity contribution in [3.05, 3.63) is 70.5 Å². The first-order valence-electron chi connectivity index (χ1n) is 17.3. The standard InChI is InChI=1S/C37H46ClFN4O6/c1-37(2,25-11-7-12-26(38)21-25)32(23-10-6-13-27(39)19-23)49-36(48)43-30(18-22-8-4-3-5-9-22)34(46)42-29(20-24-16-17-40-33(24)45)31(44)35(47)41-28-14-15-28/h6-7,10-13,19,21-22,24,28-30,32H,3-5,8-9,14-18,20H2,1-2H3,(H,40,45)(H,41,47)(H,42,46)(H,43,48)/t24-,29-,30-,32+/m0/s1. The molecule has 3 fully saturated rings. The first-order valence-corrected chi connectivity index (χ1v) is 17.7. The lowest BCUT2D eigenvalue weighted by molar-refractivity contribution is -0.141. The van der Waals surface area contributed by atoms with Crippen LogP contribution in [0.3, 0.4) is 0 Å². The number of halogens is 2. The van der Waals surface area contributed by atoms with Crippen LogP contribution in [0.4, 0.5) is 9.18 Å². The second kappa shape index (κ2) is 16.1. The van der Waals surface area contributed by atoms with Gasteiger partial charge in [0.1, 0.15) is 18.0 Å². The lowest BCUT2D eigenvalue weighted by Gasteiger charge is -2.35. The Hall–Kier alpha value is -3.99. The minimum absolute atomic E-state index is 0.0371. The molecule has 2 aliphatic carbocycles. The van der Waals surface area contributed by atoms with Crippen LogP contribution in [-0.2, 0) is 29.3 Å². The van der Waals surface area contributed by atoms with Crippen molar-refractivity contribution >= 4 is 41.2 Å². The summed E-state index contributed by atoms with van der Waals surface area (Å²) in [6, 6.07) is 10.5. The predicted octanol–water partition coefficient (Wildman–Crippen LogP) is 5.42. The van der Waals surface area contributed by atoms with Gasteiger partial charge in [-0.3, -0.25) is 19.2 Å². The third-order valence-corrected chi connectivity index (χ3v) is 10.2. The smallest absolute Gasteiger partial charge is 0.408 e. The molecule has 5 rings (SSSR count). The van der Waals surface area contributed by atoms with Gasteiger partial charge >= 0.3 is 6.09 Å². The molecule has 3 aliphatic rings. The van der Waals surface area contributed by atoms with Gasteiger partial charge in [0.05, 0.1) is 6.04 Å². The van der Waals surface area contributed by atoms with Crippen LogP contribution in [0, 0.1) is 17.7 Å². The third kappa shape index (κ3) is 9.80. The van der Waals surface area contributed by atoms with E-state index in [0.29, 0.717) is 30.0 Å². The Morgan fingerprint density at radius 3 is 2.33 bits per heavy atom. The zero-order valence-corrected chi connectivity index (χ0v) is 28.8. The van der Waals surface area contributed by atoms with Crippen LogP contribution in [0.5, 0.6) is 0 Å². The van der Waals surface area contributed by atoms with Crippen LogP contribution in [-0.4, -0.2) is 54.3 Å². The van der Waals surface area contributed by atoms with Crippen LogP contribution in [0.25, 0.3) is 0 Å². The summed E-state index contributed by atoms with van der Waals surface area (Å²) in [6.45, 7) is 4.16. The molecule has 0 bridgehead atoms. The summed E-state index contributed by atoms with van der Waals surface area (Å²) in [4.78, 5) is 66.4. The number of alkyl carbamates (subject to hydrolysis) is 1. The van der Waals surface area contributed by atoms with Crippen LogP contribution in [0.2, 0.25) is 5.02 Å². The molecule has 1 saturated heterocycles. The Morgan fingerprint density at radius 1 is 0.939 bits per heavy atom. The summed E-state index contributed by atoms with van der Waals surface area (Å²) in [5.74, 6) is -3.41. The molecule has 2 aromatic rings. The summed E-state index contributed by atoms with van der Waals surface area (Å²) in [6.07, 6.45) is 5.25. The van der Waals surface area contributed by atoms with E-state index in [4.69, 9.17) is 16.3 Å². The molecule has 264 valence electrons. The second-order valence-electron chi connectivity index (χ2n) is 14.2. The van der Waals surface area contributed by atoms with Gasteiger partial charge < -0.3 is 26.0 Å². The van der Waals surface area contributed by atoms with E-state index in [9.17, 15) is 28.4 Å². The molecule has 2 saturated carbocycles. The van der Waals surface area contributed by atoms with Gasteiger partial charge in [0.2, 0.25) is 17.6 Å². The van der Waals surface area contributed by atoms with Crippen molar-refractivity contribution < 1.29 is 33.1 Å². The Balaban J connectivity index is 1.38. The highest BCUT2D eigenvalue weighted by atomic mass is 35.5. The number of carbonyl (C=O) groups is 5. The lowest BCUT2D eigenvalue weighted by atomic mass is 9.76. The summed E-state index contributed by atoms with van der Waals surface area (Å²) < 4.78 is 20.5. The molecule has 4 N–H and O–H groups in total. The van der Waals surface area contributed by atoms with Gasteiger partial charge in [-0.25, -0.2) is 9.18 Å². The van der Waals surface area contributed by atoms with Gasteiger partial charge in [0.15, 0.2) is 0 Å². The summed E-state index contributed by atoms with van der Waals surface area (Å²) in [5.41, 5.74) is 0.279. The van der Waals surface area contributed by atoms with E-state index in [1.165, 1.54) is 18.2 Å². The predicted molar refractivity (Wildman–Crippen MR) is 182 cm³/mol. The first-order chi connectivity index (χ1) is 23.4. The Bertz CT molecular complexity index is 1540. The number of rotatable bonds is 14. The largest absolute Gasteiger partial charge is 0.440 e. The fraction of sp³-hybridized carbons (Fsp3) is 0.541. The maximum Gasteiger partial charge on any atom is 0.408 e. The monoisotopic (exact) mass is 696 g/mol. The van der Waals surface area contributed by atoms with E-state index in [1.807, 2.05) is 19.9 Å². The van der Waals surface area contributed by atoms with Crippen molar-refractivity contribution in [2.75, 3.05) is 6.54 Å². The van der Waals surface area contributed by atoms with Crippen molar-refractivity contribution in [3.8, 4) is 0 Å². The van der Waals surface area contributed by atoms with E-state index in [2.05, 4.69) is 21.3 Å². The van der Waals surface area contributed by atoms with Crippen LogP contribution in [0.1, 0.15) is 95.3 Å². The summed E-state index contributed by atoms with van der Waals surface area (Å²) in [5, 5.41) is 11.4. The molecule has 0 unspecified atom stereocenters. The zero-order chi connectivity index (χ0) is 35.1. The van der Waals surface area contributed by atoms with Crippen molar-refractivity contribution in [2.45, 2.75) is 108 Å². The SMILES string of the molecule is CC(C)(c1cccc(Cl)c1)[C@H](OC(=O)N[C@@H](CC1CCCCC1)C(=O)N[C@@H](C[C@@H]1CCNC1=O)C(=O)C(=O)NC1CC1)c1cccc(F)c1. The number of nitrogens with one attached hydrogen (secondary N) is 4. The molecule has 0 radical (unpaired) electrons. The van der Waals surface area contributed by atoms with E-state index < -0.39 is 59.0 Å². The van der Waals surface area contributed by atoms with Crippen LogP contribution < -0.4 is 21.3 Å². The molecule has 0 spiro atoms. The molecule has 49 heavy (non-hydrogen) atoms. The van der Waals surface area contributed by atoms with Crippen LogP contribution in [0.15, 0.2) is 48.5 Å². The van der Waals surface area contributed by atoms with E-state index in [1.54, 1.807) is 24.3 Å². The maximum atomic E-state index is 14.5. The number of carbonyl (C=O) groups excluding carboxylic acids is 5. The molecule has 10 nitrogen and oxygen atoms in total. The van der Waals surface area contributed by atoms with Crippen molar-refractivity contribution in [3.63, 3.8) is 0 Å². The normalized spacial score (nSPS) is 20.0. The average Bonchev–Trinajstić information content (AvgIpc) is 3.80. The van der Waals surface area contributed by atoms with E-state index in [0.717, 1.165) is 50.5 Å². The van der Waals surface area contributed by atoms with Crippen molar-refractivity contribution in [2.24, 2.45) is 11.8 Å². The molecular weight excluding hydrogens is 651 g/mol. The molecule has 0 aromatic heterocycles. The quantitative estimate of drug-likeness (QED) is 0.194. The number of amides is 4. The van der Waals surface area contributed by atoms with E-state index in [-0.39, 0.29) is 24.3 Å². The van der Waals surface area contributed by atoms with Gasteiger partial charge in [0, 0.05) is 28.9 Å². The van der Waals surface area contributed by atoms with Gasteiger partial charge in [-0.05, 0) is 73.4 Å². The summed E-state index contributed by atoms with van der Waals surface area (Å²) >= 11 is 6.31. The number of hydrogen-bond donors (Lipinski definition) is 4. The van der Waals surface area contributed by atoms with Gasteiger partial charge in [-0.1, -0.05) is 81.8 Å². The summed E-state index contributed by atoms with van der Waals surface area (Å²) in [7, 11) is 0. The number of ether oxygens (including phenoxy) is 1. The molecular formula is C37H46ClFN4O6. The van der Waals surface area contributed by atoms with Gasteiger partial charge in [-0.2, -0.15) is 0 Å². The Labute approximate surface area is 291 Å². The molecule has 4 atom stereocenters. The number of Topliss-reactive ketones (excluding diaryl/α,β-unsaturated/α-hetero) is 1. The fourth-order valence-corrected chi connectivity index (χ4v) is 7.10. The van der Waals surface area contributed by atoms with Crippen LogP contribution >= 0.6 is 11.6 Å². The molecule has 12 heteroatoms. The topological polar surface area (TPSA) is 143 Å². The molecule has 2 aromatic carbocycles. The van der Waals surface area contributed by atoms with Crippen molar-refractivity contribution in [1.29, 1.82) is 0 Å². The fourth-order valence-electron chi connectivity index (χ4n) is 6.91. The molecule has 1 heterocycles. The average molecular weight is 697 g/mol. The van der Waals surface area contributed by atoms with Gasteiger partial charge in [0.25, 0.3) is 5.91 Å². The molecule has 4 amide bonds. The maximum absolute atomic E-state index is 14.5. The Kier molecular flexibility index (Phi) is 12.0. The third-order valence-electron chi connectivity index (χ3n) is 9.96. The van der Waals surface area contributed by atoms with E-state index >= 15 is 0 Å². The number of ketones is 1. The lowest BCUT2D eigenvalue weighted by Crippen LogP contribution is -2.55. The number of benzene rings is 2. The minimum atomic E-state index is -1.26. The van der Waals surface area contributed by atoms with Crippen molar-refractivity contribution in [1.82, 2.24) is 21.3 Å². The highest BCUT2D eigenvalue weighted by Crippen LogP contribution is 2.41. The highest BCUT2D eigenvalue weighted by molar-refractivity contribution is 6.38. The number of hydrogen-bond acceptors (Lipinski definition) is 6. The Morgan fingerprint density at radius 2 is 1.67 bits per heavy atom.